The summed E-state index contributed by atoms with van der Waals surface area (Å²) in [5.41, 5.74) is 3.71. The minimum absolute atomic E-state index is 0.0443. The molecular formula is C25H36N2O4S. The zero-order valence-electron chi connectivity index (χ0n) is 19.3. The molecule has 1 aromatic rings. The molecule has 176 valence electrons. The van der Waals surface area contributed by atoms with Gasteiger partial charge in [0.15, 0.2) is 0 Å². The second kappa shape index (κ2) is 8.10. The zero-order chi connectivity index (χ0) is 22.6. The van der Waals surface area contributed by atoms with Crippen LogP contribution >= 0.6 is 0 Å². The van der Waals surface area contributed by atoms with Crippen LogP contribution in [0.25, 0.3) is 0 Å². The molecule has 6 nitrogen and oxygen atoms in total. The van der Waals surface area contributed by atoms with Gasteiger partial charge in [0.2, 0.25) is 10.0 Å². The number of carbonyl (C=O) groups is 1. The Hall–Kier alpha value is -1.44. The molecule has 0 radical (unpaired) electrons. The van der Waals surface area contributed by atoms with Crippen LogP contribution in [0.3, 0.4) is 0 Å². The van der Waals surface area contributed by atoms with Crippen molar-refractivity contribution in [2.75, 3.05) is 5.75 Å². The van der Waals surface area contributed by atoms with E-state index in [0.717, 1.165) is 50.5 Å². The van der Waals surface area contributed by atoms with E-state index in [-0.39, 0.29) is 34.4 Å². The van der Waals surface area contributed by atoms with Crippen molar-refractivity contribution < 1.29 is 18.0 Å². The van der Waals surface area contributed by atoms with Gasteiger partial charge in [0.05, 0.1) is 18.4 Å². The van der Waals surface area contributed by atoms with E-state index in [4.69, 9.17) is 4.84 Å². The largest absolute Gasteiger partial charge is 0.296 e. The number of hydrogen-bond donors (Lipinski definition) is 1. The molecule has 32 heavy (non-hydrogen) atoms. The number of hydrogen-bond acceptors (Lipinski definition) is 5. The van der Waals surface area contributed by atoms with Crippen LogP contribution in [-0.4, -0.2) is 36.5 Å². The van der Waals surface area contributed by atoms with Crippen LogP contribution in [0.5, 0.6) is 0 Å². The molecule has 3 saturated carbocycles. The van der Waals surface area contributed by atoms with Crippen LogP contribution in [0.4, 0.5) is 0 Å². The quantitative estimate of drug-likeness (QED) is 0.649. The van der Waals surface area contributed by atoms with Crippen LogP contribution in [-0.2, 0) is 26.3 Å². The van der Waals surface area contributed by atoms with Crippen LogP contribution in [0.15, 0.2) is 30.3 Å². The lowest BCUT2D eigenvalue weighted by atomic mass is 9.69. The van der Waals surface area contributed by atoms with Gasteiger partial charge in [0, 0.05) is 5.41 Å². The minimum Gasteiger partial charge on any atom is -0.296 e. The molecule has 3 aliphatic carbocycles. The average molecular weight is 461 g/mol. The average Bonchev–Trinajstić information content (AvgIpc) is 3.25. The summed E-state index contributed by atoms with van der Waals surface area (Å²) in [4.78, 5) is 19.7. The summed E-state index contributed by atoms with van der Waals surface area (Å²) in [6.07, 6.45) is 7.96. The van der Waals surface area contributed by atoms with Gasteiger partial charge in [-0.15, -0.1) is 0 Å². The molecular weight excluding hydrogens is 424 g/mol. The molecule has 0 aromatic heterocycles. The van der Waals surface area contributed by atoms with E-state index in [1.54, 1.807) is 0 Å². The molecule has 4 atom stereocenters. The van der Waals surface area contributed by atoms with Crippen LogP contribution in [0.2, 0.25) is 0 Å². The van der Waals surface area contributed by atoms with Crippen molar-refractivity contribution in [1.82, 2.24) is 9.79 Å². The molecule has 7 heteroatoms. The Kier molecular flexibility index (Phi) is 5.66. The summed E-state index contributed by atoms with van der Waals surface area (Å²) in [6, 6.07) is 9.00. The maximum atomic E-state index is 13.9. The lowest BCUT2D eigenvalue weighted by molar-refractivity contribution is -0.139. The fourth-order valence-corrected chi connectivity index (χ4v) is 9.88. The first kappa shape index (κ1) is 22.4. The molecule has 1 saturated heterocycles. The van der Waals surface area contributed by atoms with Gasteiger partial charge in [0.1, 0.15) is 6.04 Å². The second-order valence-corrected chi connectivity index (χ2v) is 12.9. The smallest absolute Gasteiger partial charge is 0.256 e. The maximum Gasteiger partial charge on any atom is 0.256 e. The molecule has 1 N–H and O–H groups in total. The predicted molar refractivity (Wildman–Crippen MR) is 123 cm³/mol. The van der Waals surface area contributed by atoms with Gasteiger partial charge in [-0.25, -0.2) is 12.7 Å². The van der Waals surface area contributed by atoms with Gasteiger partial charge in [-0.05, 0) is 54.9 Å². The highest BCUT2D eigenvalue weighted by Crippen LogP contribution is 2.70. The summed E-state index contributed by atoms with van der Waals surface area (Å²) in [5.74, 6) is 0.414. The predicted octanol–water partition coefficient (Wildman–Crippen LogP) is 4.02. The van der Waals surface area contributed by atoms with Crippen molar-refractivity contribution >= 4 is 15.9 Å². The number of nitrogens with one attached hydrogen (secondary N) is 1. The fourth-order valence-electron chi connectivity index (χ4n) is 7.32. The molecule has 4 fully saturated rings. The number of carbonyl (C=O) groups excluding carboxylic acids is 1. The van der Waals surface area contributed by atoms with Crippen LogP contribution < -0.4 is 5.48 Å². The minimum atomic E-state index is -3.63. The standard InChI is InChI=1S/C25H36N2O4S/c1-24(2)20-13-14-25(24)17-32(29,30)27(21(25)15-20)23(28)22(19-11-7-4-8-12-19)26-31-16-18-9-5-3-6-10-18/h3,5-6,9-10,19-22,26H,4,7-8,11-17H2,1-2H3/t20-,21-,22-,25-/m0/s1. The van der Waals surface area contributed by atoms with E-state index in [9.17, 15) is 13.2 Å². The first-order valence-corrected chi connectivity index (χ1v) is 13.8. The van der Waals surface area contributed by atoms with Crippen molar-refractivity contribution in [3.05, 3.63) is 35.9 Å². The van der Waals surface area contributed by atoms with E-state index < -0.39 is 16.1 Å². The highest BCUT2D eigenvalue weighted by atomic mass is 32.2. The second-order valence-electron chi connectivity index (χ2n) is 11.0. The number of rotatable bonds is 6. The first-order chi connectivity index (χ1) is 15.3. The highest BCUT2D eigenvalue weighted by molar-refractivity contribution is 7.90. The summed E-state index contributed by atoms with van der Waals surface area (Å²) >= 11 is 0. The Labute approximate surface area is 192 Å². The van der Waals surface area contributed by atoms with Gasteiger partial charge in [-0.3, -0.25) is 9.63 Å². The van der Waals surface area contributed by atoms with Crippen molar-refractivity contribution in [3.8, 4) is 0 Å². The Morgan fingerprint density at radius 3 is 2.56 bits per heavy atom. The summed E-state index contributed by atoms with van der Waals surface area (Å²) in [6.45, 7) is 4.77. The highest BCUT2D eigenvalue weighted by Gasteiger charge is 2.72. The molecule has 1 heterocycles. The third-order valence-electron chi connectivity index (χ3n) is 9.31. The molecule has 5 rings (SSSR count). The zero-order valence-corrected chi connectivity index (χ0v) is 20.1. The van der Waals surface area contributed by atoms with Gasteiger partial charge >= 0.3 is 0 Å². The van der Waals surface area contributed by atoms with Crippen molar-refractivity contribution in [3.63, 3.8) is 0 Å². The summed E-state index contributed by atoms with van der Waals surface area (Å²) < 4.78 is 28.1. The fraction of sp³-hybridized carbons (Fsp3) is 0.720. The Morgan fingerprint density at radius 1 is 1.16 bits per heavy atom. The van der Waals surface area contributed by atoms with Gasteiger partial charge < -0.3 is 0 Å². The molecule has 0 unspecified atom stereocenters. The Morgan fingerprint density at radius 2 is 1.88 bits per heavy atom. The molecule has 1 aromatic carbocycles. The summed E-state index contributed by atoms with van der Waals surface area (Å²) in [7, 11) is -3.63. The number of hydroxylamine groups is 1. The Bertz CT molecular complexity index is 957. The number of nitrogens with zero attached hydrogens (tertiary/aromatic N) is 1. The van der Waals surface area contributed by atoms with Gasteiger partial charge in [0.25, 0.3) is 5.91 Å². The van der Waals surface area contributed by atoms with Gasteiger partial charge in [-0.1, -0.05) is 63.4 Å². The van der Waals surface area contributed by atoms with Crippen molar-refractivity contribution in [2.45, 2.75) is 83.9 Å². The Balaban J connectivity index is 1.39. The van der Waals surface area contributed by atoms with E-state index >= 15 is 0 Å². The molecule has 1 aliphatic heterocycles. The van der Waals surface area contributed by atoms with E-state index in [1.807, 2.05) is 30.3 Å². The molecule has 1 amide bonds. The van der Waals surface area contributed by atoms with Gasteiger partial charge in [-0.2, -0.15) is 5.48 Å². The monoisotopic (exact) mass is 460 g/mol. The molecule has 4 aliphatic rings. The maximum absolute atomic E-state index is 13.9. The lowest BCUT2D eigenvalue weighted by Crippen LogP contribution is -2.54. The third-order valence-corrected chi connectivity index (χ3v) is 11.2. The molecule has 1 spiro atoms. The topological polar surface area (TPSA) is 75.7 Å². The van der Waals surface area contributed by atoms with Crippen LogP contribution in [0, 0.1) is 22.7 Å². The summed E-state index contributed by atoms with van der Waals surface area (Å²) in [5, 5.41) is 0. The normalized spacial score (nSPS) is 33.9. The molecule has 2 bridgehead atoms. The third kappa shape index (κ3) is 3.43. The SMILES string of the molecule is CC1(C)[C@H]2CC[C@@]13CS(=O)(=O)N(C(=O)[C@@H](NOCc1ccccc1)C1CCCCC1)[C@H]3C2. The van der Waals surface area contributed by atoms with Crippen LogP contribution in [0.1, 0.15) is 70.8 Å². The number of sulfonamides is 1. The van der Waals surface area contributed by atoms with E-state index in [2.05, 4.69) is 19.3 Å². The first-order valence-electron chi connectivity index (χ1n) is 12.2. The number of fused-ring (bicyclic) bond motifs is 1. The number of benzene rings is 1. The van der Waals surface area contributed by atoms with Crippen molar-refractivity contribution in [1.29, 1.82) is 0 Å². The van der Waals surface area contributed by atoms with E-state index in [0.29, 0.717) is 12.5 Å². The lowest BCUT2D eigenvalue weighted by Gasteiger charge is -2.38. The van der Waals surface area contributed by atoms with E-state index in [1.165, 1.54) is 10.7 Å². The van der Waals surface area contributed by atoms with Crippen molar-refractivity contribution in [2.24, 2.45) is 22.7 Å². The number of amides is 1.